The molecule has 2 aromatic carbocycles. The van der Waals surface area contributed by atoms with Crippen molar-refractivity contribution >= 4 is 38.9 Å². The Hall–Kier alpha value is -3.18. The molecule has 3 aromatic rings. The van der Waals surface area contributed by atoms with Gasteiger partial charge in [0.2, 0.25) is 5.91 Å². The van der Waals surface area contributed by atoms with Gasteiger partial charge in [0.15, 0.2) is 11.6 Å². The van der Waals surface area contributed by atoms with Gasteiger partial charge in [-0.2, -0.15) is 0 Å². The number of aryl methyl sites for hydroxylation is 1. The van der Waals surface area contributed by atoms with Crippen molar-refractivity contribution in [2.24, 2.45) is 0 Å². The Labute approximate surface area is 180 Å². The van der Waals surface area contributed by atoms with E-state index in [0.717, 1.165) is 23.5 Å². The van der Waals surface area contributed by atoms with Crippen molar-refractivity contribution in [1.29, 1.82) is 0 Å². The fourth-order valence-corrected chi connectivity index (χ4v) is 4.98. The maximum atomic E-state index is 13.4. The predicted molar refractivity (Wildman–Crippen MR) is 110 cm³/mol. The Morgan fingerprint density at radius 2 is 1.90 bits per heavy atom. The average Bonchev–Trinajstić information content (AvgIpc) is 3.13. The van der Waals surface area contributed by atoms with Crippen molar-refractivity contribution < 1.29 is 26.8 Å². The monoisotopic (exact) mass is 463 g/mol. The normalized spacial score (nSPS) is 13.8. The number of nitrogens with zero attached hydrogens (tertiary/aromatic N) is 1. The first-order valence-electron chi connectivity index (χ1n) is 9.14. The van der Waals surface area contributed by atoms with Crippen molar-refractivity contribution in [3.63, 3.8) is 0 Å². The highest BCUT2D eigenvalue weighted by molar-refractivity contribution is 7.90. The number of anilines is 1. The summed E-state index contributed by atoms with van der Waals surface area (Å²) in [4.78, 5) is 28.0. The van der Waals surface area contributed by atoms with E-state index in [9.17, 15) is 26.8 Å². The van der Waals surface area contributed by atoms with Gasteiger partial charge in [-0.15, -0.1) is 11.3 Å². The SMILES string of the molecule is O=C1CCCc2cc(S(=O)(=O)NC(=O)c3cnc(-c4ccc(F)c(F)c4)s3)ccc2N1. The fraction of sp³-hybridized carbons (Fsp3) is 0.150. The van der Waals surface area contributed by atoms with E-state index >= 15 is 0 Å². The lowest BCUT2D eigenvalue weighted by Crippen LogP contribution is -2.30. The van der Waals surface area contributed by atoms with Crippen LogP contribution in [0.1, 0.15) is 28.1 Å². The second-order valence-corrected chi connectivity index (χ2v) is 9.53. The molecular weight excluding hydrogens is 448 g/mol. The number of fused-ring (bicyclic) bond motifs is 1. The van der Waals surface area contributed by atoms with Gasteiger partial charge in [0, 0.05) is 17.7 Å². The highest BCUT2D eigenvalue weighted by atomic mass is 32.2. The summed E-state index contributed by atoms with van der Waals surface area (Å²) in [5, 5.41) is 2.95. The molecule has 7 nitrogen and oxygen atoms in total. The second-order valence-electron chi connectivity index (χ2n) is 6.81. The third-order valence-electron chi connectivity index (χ3n) is 4.63. The number of aromatic nitrogens is 1. The van der Waals surface area contributed by atoms with Crippen molar-refractivity contribution in [2.75, 3.05) is 5.32 Å². The first-order chi connectivity index (χ1) is 14.7. The molecule has 0 saturated heterocycles. The maximum Gasteiger partial charge on any atom is 0.276 e. The number of nitrogens with one attached hydrogen (secondary N) is 2. The van der Waals surface area contributed by atoms with Gasteiger partial charge >= 0.3 is 0 Å². The summed E-state index contributed by atoms with van der Waals surface area (Å²) in [5.41, 5.74) is 1.48. The molecule has 0 atom stereocenters. The zero-order chi connectivity index (χ0) is 22.2. The molecule has 0 aliphatic carbocycles. The highest BCUT2D eigenvalue weighted by Gasteiger charge is 2.23. The van der Waals surface area contributed by atoms with Crippen LogP contribution in [0.15, 0.2) is 47.5 Å². The van der Waals surface area contributed by atoms with Gasteiger partial charge in [0.05, 0.1) is 11.1 Å². The molecule has 2 N–H and O–H groups in total. The number of benzene rings is 2. The van der Waals surface area contributed by atoms with Gasteiger partial charge in [0.1, 0.15) is 9.88 Å². The summed E-state index contributed by atoms with van der Waals surface area (Å²) in [6.07, 6.45) is 2.62. The second kappa shape index (κ2) is 8.16. The lowest BCUT2D eigenvalue weighted by molar-refractivity contribution is -0.116. The highest BCUT2D eigenvalue weighted by Crippen LogP contribution is 2.28. The van der Waals surface area contributed by atoms with Crippen LogP contribution in [0, 0.1) is 11.6 Å². The van der Waals surface area contributed by atoms with Gasteiger partial charge in [0.25, 0.3) is 15.9 Å². The molecule has 4 rings (SSSR count). The summed E-state index contributed by atoms with van der Waals surface area (Å²) in [6.45, 7) is 0. The minimum absolute atomic E-state index is 0.00895. The van der Waals surface area contributed by atoms with Gasteiger partial charge < -0.3 is 5.32 Å². The van der Waals surface area contributed by atoms with E-state index in [4.69, 9.17) is 0 Å². The molecule has 2 amide bonds. The molecule has 160 valence electrons. The Morgan fingerprint density at radius 1 is 1.10 bits per heavy atom. The molecule has 0 radical (unpaired) electrons. The minimum atomic E-state index is -4.18. The third-order valence-corrected chi connectivity index (χ3v) is 7.01. The fourth-order valence-electron chi connectivity index (χ4n) is 3.09. The lowest BCUT2D eigenvalue weighted by Gasteiger charge is -2.10. The smallest absolute Gasteiger partial charge is 0.276 e. The number of sulfonamides is 1. The third kappa shape index (κ3) is 4.47. The van der Waals surface area contributed by atoms with Crippen molar-refractivity contribution in [1.82, 2.24) is 9.71 Å². The topological polar surface area (TPSA) is 105 Å². The van der Waals surface area contributed by atoms with Crippen molar-refractivity contribution in [3.8, 4) is 10.6 Å². The van der Waals surface area contributed by atoms with Gasteiger partial charge in [-0.1, -0.05) is 0 Å². The van der Waals surface area contributed by atoms with E-state index < -0.39 is 27.6 Å². The number of hydrogen-bond acceptors (Lipinski definition) is 6. The first-order valence-corrected chi connectivity index (χ1v) is 11.4. The molecule has 1 aliphatic rings. The Bertz CT molecular complexity index is 1310. The van der Waals surface area contributed by atoms with Crippen LogP contribution >= 0.6 is 11.3 Å². The van der Waals surface area contributed by atoms with Gasteiger partial charge in [-0.05, 0) is 54.8 Å². The number of amides is 2. The number of carbonyl (C=O) groups excluding carboxylic acids is 2. The first kappa shape index (κ1) is 21.1. The number of thiazole rings is 1. The lowest BCUT2D eigenvalue weighted by atomic mass is 10.1. The molecular formula is C20H15F2N3O4S2. The number of rotatable bonds is 4. The maximum absolute atomic E-state index is 13.4. The van der Waals surface area contributed by atoms with Gasteiger partial charge in [-0.3, -0.25) is 9.59 Å². The number of halogens is 2. The Kier molecular flexibility index (Phi) is 5.54. The molecule has 1 aromatic heterocycles. The zero-order valence-corrected chi connectivity index (χ0v) is 17.4. The molecule has 1 aliphatic heterocycles. The Balaban J connectivity index is 1.54. The van der Waals surface area contributed by atoms with E-state index in [1.54, 1.807) is 0 Å². The standard InChI is InChI=1S/C20H15F2N3O4S2/c21-14-6-4-12(9-15(14)22)20-23-10-17(30-20)19(27)25-31(28,29)13-5-7-16-11(8-13)2-1-3-18(26)24-16/h4-10H,1-3H2,(H,24,26)(H,25,27). The van der Waals surface area contributed by atoms with E-state index in [0.29, 0.717) is 30.5 Å². The molecule has 0 fully saturated rings. The largest absolute Gasteiger partial charge is 0.326 e. The summed E-state index contributed by atoms with van der Waals surface area (Å²) in [5.74, 6) is -3.09. The Morgan fingerprint density at radius 3 is 2.68 bits per heavy atom. The van der Waals surface area contributed by atoms with Crippen molar-refractivity contribution in [2.45, 2.75) is 24.2 Å². The van der Waals surface area contributed by atoms with Crippen LogP contribution in [0.4, 0.5) is 14.5 Å². The van der Waals surface area contributed by atoms with Crippen LogP contribution in [-0.4, -0.2) is 25.2 Å². The van der Waals surface area contributed by atoms with E-state index in [-0.39, 0.29) is 26.3 Å². The molecule has 0 bridgehead atoms. The summed E-state index contributed by atoms with van der Waals surface area (Å²) in [7, 11) is -4.18. The van der Waals surface area contributed by atoms with Crippen LogP contribution in [0.2, 0.25) is 0 Å². The van der Waals surface area contributed by atoms with Crippen LogP contribution in [0.25, 0.3) is 10.6 Å². The van der Waals surface area contributed by atoms with E-state index in [1.807, 2.05) is 4.72 Å². The summed E-state index contributed by atoms with van der Waals surface area (Å²) >= 11 is 0.846. The molecule has 0 unspecified atom stereocenters. The number of hydrogen-bond donors (Lipinski definition) is 2. The van der Waals surface area contributed by atoms with Crippen LogP contribution in [0.3, 0.4) is 0 Å². The minimum Gasteiger partial charge on any atom is -0.326 e. The van der Waals surface area contributed by atoms with Crippen LogP contribution in [-0.2, 0) is 21.2 Å². The molecule has 2 heterocycles. The molecule has 31 heavy (non-hydrogen) atoms. The quantitative estimate of drug-likeness (QED) is 0.616. The molecule has 0 saturated carbocycles. The van der Waals surface area contributed by atoms with Crippen LogP contribution < -0.4 is 10.0 Å². The molecule has 11 heteroatoms. The van der Waals surface area contributed by atoms with E-state index in [2.05, 4.69) is 10.3 Å². The number of carbonyl (C=O) groups is 2. The molecule has 0 spiro atoms. The van der Waals surface area contributed by atoms with E-state index in [1.165, 1.54) is 30.5 Å². The average molecular weight is 463 g/mol. The summed E-state index contributed by atoms with van der Waals surface area (Å²) in [6, 6.07) is 7.42. The van der Waals surface area contributed by atoms with Crippen LogP contribution in [0.5, 0.6) is 0 Å². The van der Waals surface area contributed by atoms with Crippen molar-refractivity contribution in [3.05, 3.63) is 64.7 Å². The van der Waals surface area contributed by atoms with Gasteiger partial charge in [-0.25, -0.2) is 26.9 Å². The summed E-state index contributed by atoms with van der Waals surface area (Å²) < 4.78 is 53.9. The predicted octanol–water partition coefficient (Wildman–Crippen LogP) is 3.48. The zero-order valence-electron chi connectivity index (χ0n) is 15.8.